The van der Waals surface area contributed by atoms with Gasteiger partial charge in [-0.05, 0) is 17.9 Å². The Labute approximate surface area is 119 Å². The molecule has 7 nitrogen and oxygen atoms in total. The van der Waals surface area contributed by atoms with Gasteiger partial charge in [0.2, 0.25) is 5.95 Å². The first-order valence-electron chi connectivity index (χ1n) is 6.27. The average molecular weight is 293 g/mol. The maximum absolute atomic E-state index is 11.2. The van der Waals surface area contributed by atoms with Gasteiger partial charge in [0.25, 0.3) is 0 Å². The standard InChI is InChI=1S/C12H15N5O2S/c1-19-12(18)14-7-2-4-17(6-7)9-8-3-5-20-10(8)16-11(13)15-9/h3,5,7H,2,4,6H2,1H3,(H,14,18)(H2,13,15,16). The topological polar surface area (TPSA) is 93.4 Å². The number of carbonyl (C=O) groups excluding carboxylic acids is 1. The lowest BCUT2D eigenvalue weighted by Crippen LogP contribution is -2.37. The van der Waals surface area contributed by atoms with Gasteiger partial charge in [-0.1, -0.05) is 0 Å². The molecule has 2 aromatic heterocycles. The van der Waals surface area contributed by atoms with Crippen LogP contribution in [0.4, 0.5) is 16.6 Å². The SMILES string of the molecule is COC(=O)NC1CCN(c2nc(N)nc3sccc23)C1. The molecule has 1 atom stereocenters. The second kappa shape index (κ2) is 5.12. The van der Waals surface area contributed by atoms with Gasteiger partial charge in [0, 0.05) is 13.1 Å². The molecule has 1 aliphatic rings. The van der Waals surface area contributed by atoms with Gasteiger partial charge in [0.1, 0.15) is 10.6 Å². The molecule has 1 saturated heterocycles. The number of anilines is 2. The van der Waals surface area contributed by atoms with E-state index in [9.17, 15) is 4.79 Å². The summed E-state index contributed by atoms with van der Waals surface area (Å²) < 4.78 is 4.62. The van der Waals surface area contributed by atoms with E-state index >= 15 is 0 Å². The number of ether oxygens (including phenoxy) is 1. The van der Waals surface area contributed by atoms with Crippen LogP contribution in [0, 0.1) is 0 Å². The minimum atomic E-state index is -0.403. The number of alkyl carbamates (subject to hydrolysis) is 1. The summed E-state index contributed by atoms with van der Waals surface area (Å²) in [4.78, 5) is 22.8. The predicted octanol–water partition coefficient (Wildman–Crippen LogP) is 1.21. The molecule has 3 rings (SSSR count). The van der Waals surface area contributed by atoms with E-state index in [2.05, 4.69) is 24.9 Å². The highest BCUT2D eigenvalue weighted by Gasteiger charge is 2.26. The number of nitrogens with zero attached hydrogens (tertiary/aromatic N) is 3. The van der Waals surface area contributed by atoms with Gasteiger partial charge in [-0.3, -0.25) is 0 Å². The second-order valence-electron chi connectivity index (χ2n) is 4.61. The highest BCUT2D eigenvalue weighted by molar-refractivity contribution is 7.16. The van der Waals surface area contributed by atoms with Crippen LogP contribution in [0.15, 0.2) is 11.4 Å². The number of carbonyl (C=O) groups is 1. The van der Waals surface area contributed by atoms with Crippen molar-refractivity contribution in [2.24, 2.45) is 0 Å². The fraction of sp³-hybridized carbons (Fsp3) is 0.417. The Morgan fingerprint density at radius 3 is 3.25 bits per heavy atom. The molecule has 0 radical (unpaired) electrons. The minimum Gasteiger partial charge on any atom is -0.453 e. The number of hydrogen-bond donors (Lipinski definition) is 2. The van der Waals surface area contributed by atoms with Crippen LogP contribution in [-0.2, 0) is 4.74 Å². The lowest BCUT2D eigenvalue weighted by atomic mass is 10.3. The maximum atomic E-state index is 11.2. The van der Waals surface area contributed by atoms with Gasteiger partial charge in [0.15, 0.2) is 0 Å². The Morgan fingerprint density at radius 1 is 1.60 bits per heavy atom. The number of nitrogen functional groups attached to an aromatic ring is 1. The number of thiophene rings is 1. The van der Waals surface area contributed by atoms with E-state index in [4.69, 9.17) is 5.73 Å². The number of hydrogen-bond acceptors (Lipinski definition) is 7. The number of methoxy groups -OCH3 is 1. The smallest absolute Gasteiger partial charge is 0.407 e. The van der Waals surface area contributed by atoms with E-state index in [0.29, 0.717) is 6.54 Å². The van der Waals surface area contributed by atoms with Crippen LogP contribution in [0.5, 0.6) is 0 Å². The third kappa shape index (κ3) is 2.34. The molecule has 1 unspecified atom stereocenters. The summed E-state index contributed by atoms with van der Waals surface area (Å²) in [6.45, 7) is 1.51. The number of rotatable bonds is 2. The minimum absolute atomic E-state index is 0.0623. The number of nitrogens with one attached hydrogen (secondary N) is 1. The lowest BCUT2D eigenvalue weighted by molar-refractivity contribution is 0.167. The first-order chi connectivity index (χ1) is 9.67. The fourth-order valence-corrected chi connectivity index (χ4v) is 3.16. The van der Waals surface area contributed by atoms with E-state index in [1.165, 1.54) is 7.11 Å². The summed E-state index contributed by atoms with van der Waals surface area (Å²) >= 11 is 1.54. The number of amides is 1. The van der Waals surface area contributed by atoms with Crippen molar-refractivity contribution in [3.05, 3.63) is 11.4 Å². The molecule has 8 heteroatoms. The first-order valence-corrected chi connectivity index (χ1v) is 7.15. The van der Waals surface area contributed by atoms with Crippen molar-refractivity contribution in [1.82, 2.24) is 15.3 Å². The molecule has 0 spiro atoms. The fourth-order valence-electron chi connectivity index (χ4n) is 2.39. The zero-order valence-electron chi connectivity index (χ0n) is 11.0. The van der Waals surface area contributed by atoms with Crippen molar-refractivity contribution in [3.63, 3.8) is 0 Å². The monoisotopic (exact) mass is 293 g/mol. The van der Waals surface area contributed by atoms with Gasteiger partial charge < -0.3 is 20.7 Å². The van der Waals surface area contributed by atoms with Crippen LogP contribution in [0.3, 0.4) is 0 Å². The highest BCUT2D eigenvalue weighted by Crippen LogP contribution is 2.30. The summed E-state index contributed by atoms with van der Waals surface area (Å²) in [5, 5.41) is 5.79. The van der Waals surface area contributed by atoms with E-state index in [0.717, 1.165) is 29.0 Å². The average Bonchev–Trinajstić information content (AvgIpc) is 3.06. The summed E-state index contributed by atoms with van der Waals surface area (Å²) in [5.41, 5.74) is 5.76. The van der Waals surface area contributed by atoms with Crippen LogP contribution in [-0.4, -0.2) is 42.3 Å². The molecule has 1 fully saturated rings. The van der Waals surface area contributed by atoms with Crippen molar-refractivity contribution in [3.8, 4) is 0 Å². The van der Waals surface area contributed by atoms with E-state index < -0.39 is 6.09 Å². The summed E-state index contributed by atoms with van der Waals surface area (Å²) in [7, 11) is 1.36. The summed E-state index contributed by atoms with van der Waals surface area (Å²) in [6.07, 6.45) is 0.449. The molecule has 0 aromatic carbocycles. The lowest BCUT2D eigenvalue weighted by Gasteiger charge is -2.18. The van der Waals surface area contributed by atoms with Gasteiger partial charge in [-0.15, -0.1) is 11.3 Å². The van der Waals surface area contributed by atoms with Gasteiger partial charge in [0.05, 0.1) is 18.5 Å². The van der Waals surface area contributed by atoms with Crippen molar-refractivity contribution >= 4 is 39.4 Å². The van der Waals surface area contributed by atoms with Crippen LogP contribution in [0.2, 0.25) is 0 Å². The Kier molecular flexibility index (Phi) is 3.31. The van der Waals surface area contributed by atoms with Crippen molar-refractivity contribution in [1.29, 1.82) is 0 Å². The molecule has 2 aromatic rings. The molecule has 0 saturated carbocycles. The summed E-state index contributed by atoms with van der Waals surface area (Å²) in [5.74, 6) is 1.11. The molecule has 20 heavy (non-hydrogen) atoms. The molecule has 3 heterocycles. The van der Waals surface area contributed by atoms with Crippen molar-refractivity contribution < 1.29 is 9.53 Å². The van der Waals surface area contributed by atoms with Gasteiger partial charge >= 0.3 is 6.09 Å². The Bertz CT molecular complexity index is 644. The van der Waals surface area contributed by atoms with E-state index in [1.54, 1.807) is 11.3 Å². The van der Waals surface area contributed by atoms with Gasteiger partial charge in [-0.25, -0.2) is 9.78 Å². The van der Waals surface area contributed by atoms with Crippen molar-refractivity contribution in [2.75, 3.05) is 30.8 Å². The quantitative estimate of drug-likeness (QED) is 0.864. The molecule has 0 aliphatic carbocycles. The Hall–Kier alpha value is -2.09. The summed E-state index contributed by atoms with van der Waals surface area (Å²) in [6, 6.07) is 2.06. The third-order valence-electron chi connectivity index (χ3n) is 3.32. The van der Waals surface area contributed by atoms with Crippen LogP contribution < -0.4 is 16.0 Å². The molecule has 1 aliphatic heterocycles. The molecular weight excluding hydrogens is 278 g/mol. The molecule has 106 valence electrons. The Balaban J connectivity index is 1.82. The molecule has 0 bridgehead atoms. The first kappa shape index (κ1) is 12.9. The normalized spacial score (nSPS) is 18.4. The zero-order chi connectivity index (χ0) is 14.1. The largest absolute Gasteiger partial charge is 0.453 e. The van der Waals surface area contributed by atoms with Crippen LogP contribution in [0.1, 0.15) is 6.42 Å². The third-order valence-corrected chi connectivity index (χ3v) is 4.12. The highest BCUT2D eigenvalue weighted by atomic mass is 32.1. The molecular formula is C12H15N5O2S. The van der Waals surface area contributed by atoms with Gasteiger partial charge in [-0.2, -0.15) is 4.98 Å². The second-order valence-corrected chi connectivity index (χ2v) is 5.51. The van der Waals surface area contributed by atoms with Crippen LogP contribution in [0.25, 0.3) is 10.2 Å². The maximum Gasteiger partial charge on any atom is 0.407 e. The number of nitrogens with two attached hydrogens (primary N) is 1. The predicted molar refractivity (Wildman–Crippen MR) is 78.0 cm³/mol. The number of aromatic nitrogens is 2. The molecule has 3 N–H and O–H groups in total. The zero-order valence-corrected chi connectivity index (χ0v) is 11.8. The van der Waals surface area contributed by atoms with E-state index in [1.807, 2.05) is 11.4 Å². The molecule has 1 amide bonds. The van der Waals surface area contributed by atoms with E-state index in [-0.39, 0.29) is 12.0 Å². The van der Waals surface area contributed by atoms with Crippen molar-refractivity contribution in [2.45, 2.75) is 12.5 Å². The number of fused-ring (bicyclic) bond motifs is 1. The Morgan fingerprint density at radius 2 is 2.45 bits per heavy atom. The van der Waals surface area contributed by atoms with Crippen LogP contribution >= 0.6 is 11.3 Å².